The minimum atomic E-state index is -1.43. The fourth-order valence-electron chi connectivity index (χ4n) is 1.13. The van der Waals surface area contributed by atoms with E-state index in [-0.39, 0.29) is 0 Å². The molecule has 0 bridgehead atoms. The molecular formula is C10H13FNOSi. The Labute approximate surface area is 85.0 Å². The molecule has 0 unspecified atom stereocenters. The summed E-state index contributed by atoms with van der Waals surface area (Å²) in [6.45, 7) is 4.31. The number of hydrogen-bond donors (Lipinski definition) is 0. The van der Waals surface area contributed by atoms with Crippen LogP contribution in [0.4, 0.5) is 14.9 Å². The van der Waals surface area contributed by atoms with Gasteiger partial charge in [-0.3, -0.25) is 4.90 Å². The van der Waals surface area contributed by atoms with Gasteiger partial charge in [-0.05, 0) is 12.1 Å². The number of carbonyl (C=O) groups is 1. The zero-order chi connectivity index (χ0) is 10.7. The summed E-state index contributed by atoms with van der Waals surface area (Å²) >= 11 is 0. The lowest BCUT2D eigenvalue weighted by Gasteiger charge is -2.14. The third-order valence-corrected chi connectivity index (χ3v) is 3.54. The maximum absolute atomic E-state index is 12.4. The molecule has 0 aliphatic carbocycles. The maximum atomic E-state index is 12.4. The van der Waals surface area contributed by atoms with E-state index in [2.05, 4.69) is 13.1 Å². The van der Waals surface area contributed by atoms with E-state index in [9.17, 15) is 9.18 Å². The van der Waals surface area contributed by atoms with E-state index in [0.717, 1.165) is 4.90 Å². The first-order valence-corrected chi connectivity index (χ1v) is 6.86. The van der Waals surface area contributed by atoms with Gasteiger partial charge in [0.05, 0.1) is 8.80 Å². The molecule has 1 rings (SSSR count). The fraction of sp³-hybridized carbons (Fsp3) is 0.300. The van der Waals surface area contributed by atoms with Gasteiger partial charge in [0.25, 0.3) is 0 Å². The van der Waals surface area contributed by atoms with Crippen molar-refractivity contribution in [1.29, 1.82) is 0 Å². The molecule has 2 nitrogen and oxygen atoms in total. The molecule has 75 valence electrons. The summed E-state index contributed by atoms with van der Waals surface area (Å²) < 4.78 is 12.4. The minimum absolute atomic E-state index is 0.553. The lowest BCUT2D eigenvalue weighted by atomic mass is 10.3. The smallest absolute Gasteiger partial charge is 0.287 e. The van der Waals surface area contributed by atoms with Crippen LogP contribution in [-0.2, 0) is 0 Å². The SMILES string of the molecule is CN(C(=O)F)c1cccc([Si](C)C)c1. The molecule has 0 aliphatic heterocycles. The highest BCUT2D eigenvalue weighted by atomic mass is 28.3. The normalized spacial score (nSPS) is 10.4. The molecule has 1 amide bonds. The predicted octanol–water partition coefficient (Wildman–Crippen LogP) is 2.17. The second kappa shape index (κ2) is 4.37. The van der Waals surface area contributed by atoms with E-state index in [1.54, 1.807) is 6.07 Å². The molecule has 1 aromatic carbocycles. The fourth-order valence-corrected chi connectivity index (χ4v) is 1.99. The zero-order valence-electron chi connectivity index (χ0n) is 8.54. The van der Waals surface area contributed by atoms with Gasteiger partial charge in [0.2, 0.25) is 0 Å². The van der Waals surface area contributed by atoms with Crippen LogP contribution in [0.3, 0.4) is 0 Å². The van der Waals surface area contributed by atoms with Gasteiger partial charge < -0.3 is 0 Å². The first-order chi connectivity index (χ1) is 6.52. The number of anilines is 1. The summed E-state index contributed by atoms with van der Waals surface area (Å²) in [6, 6.07) is 7.45. The molecule has 0 saturated heterocycles. The minimum Gasteiger partial charge on any atom is -0.287 e. The van der Waals surface area contributed by atoms with Crippen molar-refractivity contribution in [2.24, 2.45) is 0 Å². The van der Waals surface area contributed by atoms with Gasteiger partial charge >= 0.3 is 6.16 Å². The number of hydrogen-bond acceptors (Lipinski definition) is 1. The monoisotopic (exact) mass is 210 g/mol. The van der Waals surface area contributed by atoms with E-state index in [1.165, 1.54) is 12.2 Å². The molecule has 0 aliphatic rings. The molecule has 0 aromatic heterocycles. The molecule has 14 heavy (non-hydrogen) atoms. The van der Waals surface area contributed by atoms with Crippen LogP contribution in [0.15, 0.2) is 24.3 Å². The van der Waals surface area contributed by atoms with Crippen LogP contribution in [0.25, 0.3) is 0 Å². The Morgan fingerprint density at radius 2 is 2.07 bits per heavy atom. The number of halogens is 1. The first kappa shape index (κ1) is 10.9. The highest BCUT2D eigenvalue weighted by Crippen LogP contribution is 2.11. The number of benzene rings is 1. The van der Waals surface area contributed by atoms with Gasteiger partial charge in [0, 0.05) is 12.7 Å². The van der Waals surface area contributed by atoms with E-state index in [0.29, 0.717) is 5.69 Å². The average molecular weight is 210 g/mol. The Bertz CT molecular complexity index is 341. The first-order valence-electron chi connectivity index (χ1n) is 4.36. The third kappa shape index (κ3) is 2.42. The second-order valence-electron chi connectivity index (χ2n) is 3.36. The van der Waals surface area contributed by atoms with Crippen LogP contribution in [-0.4, -0.2) is 22.0 Å². The molecule has 0 N–H and O–H groups in total. The van der Waals surface area contributed by atoms with Gasteiger partial charge in [-0.1, -0.05) is 30.4 Å². The Morgan fingerprint density at radius 1 is 1.43 bits per heavy atom. The molecule has 4 heteroatoms. The highest BCUT2D eigenvalue weighted by molar-refractivity contribution is 6.70. The largest absolute Gasteiger partial charge is 0.404 e. The van der Waals surface area contributed by atoms with Gasteiger partial charge in [0.1, 0.15) is 0 Å². The number of carbonyl (C=O) groups excluding carboxylic acids is 1. The van der Waals surface area contributed by atoms with Gasteiger partial charge in [-0.25, -0.2) is 4.79 Å². The molecule has 0 saturated carbocycles. The molecule has 1 aromatic rings. The predicted molar refractivity (Wildman–Crippen MR) is 58.5 cm³/mol. The number of nitrogens with zero attached hydrogens (tertiary/aromatic N) is 1. The van der Waals surface area contributed by atoms with Crippen molar-refractivity contribution in [2.75, 3.05) is 11.9 Å². The average Bonchev–Trinajstić information content (AvgIpc) is 2.16. The zero-order valence-corrected chi connectivity index (χ0v) is 9.54. The molecule has 1 radical (unpaired) electrons. The van der Waals surface area contributed by atoms with Crippen LogP contribution in [0, 0.1) is 0 Å². The summed E-state index contributed by atoms with van der Waals surface area (Å²) in [7, 11) is 0.877. The summed E-state index contributed by atoms with van der Waals surface area (Å²) in [6.07, 6.45) is -1.43. The number of amides is 1. The van der Waals surface area contributed by atoms with Crippen LogP contribution in [0.1, 0.15) is 0 Å². The van der Waals surface area contributed by atoms with Crippen molar-refractivity contribution in [3.63, 3.8) is 0 Å². The highest BCUT2D eigenvalue weighted by Gasteiger charge is 2.10. The van der Waals surface area contributed by atoms with Crippen molar-refractivity contribution in [3.05, 3.63) is 24.3 Å². The van der Waals surface area contributed by atoms with Crippen LogP contribution >= 0.6 is 0 Å². The maximum Gasteiger partial charge on any atom is 0.404 e. The quantitative estimate of drug-likeness (QED) is 0.416. The van der Waals surface area contributed by atoms with Crippen molar-refractivity contribution < 1.29 is 9.18 Å². The number of rotatable bonds is 2. The Kier molecular flexibility index (Phi) is 3.41. The van der Waals surface area contributed by atoms with Crippen molar-refractivity contribution in [2.45, 2.75) is 13.1 Å². The molecule has 0 heterocycles. The summed E-state index contributed by atoms with van der Waals surface area (Å²) in [5.41, 5.74) is 0.612. The van der Waals surface area contributed by atoms with Crippen LogP contribution < -0.4 is 10.1 Å². The van der Waals surface area contributed by atoms with Crippen molar-refractivity contribution in [3.8, 4) is 0 Å². The molecule has 0 atom stereocenters. The van der Waals surface area contributed by atoms with E-state index < -0.39 is 15.0 Å². The summed E-state index contributed by atoms with van der Waals surface area (Å²) in [5, 5.41) is 1.20. The Hall–Kier alpha value is -1.16. The third-order valence-electron chi connectivity index (χ3n) is 2.07. The van der Waals surface area contributed by atoms with Crippen molar-refractivity contribution >= 4 is 25.8 Å². The summed E-state index contributed by atoms with van der Waals surface area (Å²) in [5.74, 6) is 0. The molecule has 0 spiro atoms. The van der Waals surface area contributed by atoms with E-state index in [1.807, 2.05) is 18.2 Å². The Balaban J connectivity index is 2.99. The second-order valence-corrected chi connectivity index (χ2v) is 5.94. The standard InChI is InChI=1S/C10H13FNOSi/c1-12(10(11)13)8-5-4-6-9(7-8)14(2)3/h4-7H,1-3H3. The van der Waals surface area contributed by atoms with E-state index >= 15 is 0 Å². The van der Waals surface area contributed by atoms with Crippen LogP contribution in [0.2, 0.25) is 13.1 Å². The topological polar surface area (TPSA) is 20.3 Å². The molecular weight excluding hydrogens is 197 g/mol. The summed E-state index contributed by atoms with van der Waals surface area (Å²) in [4.78, 5) is 11.5. The molecule has 0 fully saturated rings. The van der Waals surface area contributed by atoms with Gasteiger partial charge in [-0.2, -0.15) is 0 Å². The van der Waals surface area contributed by atoms with Crippen molar-refractivity contribution in [1.82, 2.24) is 0 Å². The Morgan fingerprint density at radius 3 is 2.57 bits per heavy atom. The van der Waals surface area contributed by atoms with Crippen LogP contribution in [0.5, 0.6) is 0 Å². The van der Waals surface area contributed by atoms with Gasteiger partial charge in [0.15, 0.2) is 0 Å². The lowest BCUT2D eigenvalue weighted by molar-refractivity contribution is 0.229. The van der Waals surface area contributed by atoms with Gasteiger partial charge in [-0.15, -0.1) is 4.39 Å². The lowest BCUT2D eigenvalue weighted by Crippen LogP contribution is -2.26. The van der Waals surface area contributed by atoms with E-state index in [4.69, 9.17) is 0 Å².